The van der Waals surface area contributed by atoms with Gasteiger partial charge in [-0.3, -0.25) is 0 Å². The maximum Gasteiger partial charge on any atom is 0.261 e. The van der Waals surface area contributed by atoms with Crippen LogP contribution in [0, 0.1) is 0 Å². The first-order valence-electron chi connectivity index (χ1n) is 5.43. The minimum Gasteiger partial charge on any atom is -0.211 e. The third-order valence-electron chi connectivity index (χ3n) is 2.24. The second-order valence-corrected chi connectivity index (χ2v) is 8.00. The van der Waals surface area contributed by atoms with Crippen molar-refractivity contribution in [1.82, 2.24) is 4.72 Å². The van der Waals surface area contributed by atoms with Crippen LogP contribution in [-0.4, -0.2) is 23.4 Å². The summed E-state index contributed by atoms with van der Waals surface area (Å²) in [6.45, 7) is 2.08. The molecule has 0 saturated carbocycles. The number of hydrogen-bond donors (Lipinski definition) is 1. The van der Waals surface area contributed by atoms with E-state index in [1.807, 2.05) is 19.1 Å². The Morgan fingerprint density at radius 3 is 2.42 bits per heavy atom. The monoisotopic (exact) mass is 323 g/mol. The summed E-state index contributed by atoms with van der Waals surface area (Å²) >= 11 is 0. The molecule has 8 heteroatoms. The van der Waals surface area contributed by atoms with Gasteiger partial charge in [-0.15, -0.1) is 0 Å². The van der Waals surface area contributed by atoms with Crippen LogP contribution in [0.1, 0.15) is 13.3 Å². The molecule has 5 nitrogen and oxygen atoms in total. The molecule has 106 valence electrons. The van der Waals surface area contributed by atoms with Gasteiger partial charge in [0.25, 0.3) is 9.05 Å². The first-order valence-corrected chi connectivity index (χ1v) is 9.22. The van der Waals surface area contributed by atoms with Crippen molar-refractivity contribution >= 4 is 29.8 Å². The van der Waals surface area contributed by atoms with E-state index in [0.29, 0.717) is 6.42 Å². The van der Waals surface area contributed by atoms with Gasteiger partial charge in [0.2, 0.25) is 10.0 Å². The lowest BCUT2D eigenvalue weighted by Gasteiger charge is -2.06. The van der Waals surface area contributed by atoms with Crippen LogP contribution >= 0.6 is 10.7 Å². The molecule has 0 aliphatic rings. The van der Waals surface area contributed by atoms with Gasteiger partial charge in [0.15, 0.2) is 0 Å². The SMILES string of the molecule is C/C=C/CCNS(=O)(=O)c1cccc(S(=O)(=O)Cl)c1. The molecular formula is C11H14ClNO4S2. The zero-order chi connectivity index (χ0) is 14.5. The molecule has 0 aromatic heterocycles. The van der Waals surface area contributed by atoms with Crippen LogP contribution in [0.15, 0.2) is 46.2 Å². The maximum atomic E-state index is 11.9. The highest BCUT2D eigenvalue weighted by Gasteiger charge is 2.17. The van der Waals surface area contributed by atoms with Gasteiger partial charge in [-0.2, -0.15) is 0 Å². The summed E-state index contributed by atoms with van der Waals surface area (Å²) in [6, 6.07) is 4.90. The van der Waals surface area contributed by atoms with Crippen LogP contribution in [0.4, 0.5) is 0 Å². The van der Waals surface area contributed by atoms with E-state index in [1.165, 1.54) is 18.2 Å². The van der Waals surface area contributed by atoms with Gasteiger partial charge in [0.1, 0.15) is 0 Å². The van der Waals surface area contributed by atoms with Gasteiger partial charge in [-0.1, -0.05) is 18.2 Å². The number of allylic oxidation sites excluding steroid dienone is 1. The third-order valence-corrected chi connectivity index (χ3v) is 5.05. The molecule has 0 aliphatic heterocycles. The summed E-state index contributed by atoms with van der Waals surface area (Å²) in [5, 5.41) is 0. The lowest BCUT2D eigenvalue weighted by Crippen LogP contribution is -2.24. The molecular weight excluding hydrogens is 310 g/mol. The molecule has 1 rings (SSSR count). The molecule has 0 heterocycles. The van der Waals surface area contributed by atoms with Crippen molar-refractivity contribution in [2.24, 2.45) is 0 Å². The lowest BCUT2D eigenvalue weighted by atomic mass is 10.4. The number of hydrogen-bond acceptors (Lipinski definition) is 4. The van der Waals surface area contributed by atoms with Crippen LogP contribution < -0.4 is 4.72 Å². The highest BCUT2D eigenvalue weighted by Crippen LogP contribution is 2.18. The van der Waals surface area contributed by atoms with Crippen LogP contribution in [0.25, 0.3) is 0 Å². The molecule has 1 aromatic rings. The minimum absolute atomic E-state index is 0.130. The summed E-state index contributed by atoms with van der Waals surface area (Å²) in [5.41, 5.74) is 0. The molecule has 0 amide bonds. The normalized spacial score (nSPS) is 12.9. The fraction of sp³-hybridized carbons (Fsp3) is 0.273. The van der Waals surface area contributed by atoms with Gasteiger partial charge in [0, 0.05) is 17.2 Å². The van der Waals surface area contributed by atoms with Crippen LogP contribution in [-0.2, 0) is 19.1 Å². The molecule has 0 fully saturated rings. The van der Waals surface area contributed by atoms with Gasteiger partial charge in [0.05, 0.1) is 9.79 Å². The summed E-state index contributed by atoms with van der Waals surface area (Å²) in [7, 11) is -2.50. The van der Waals surface area contributed by atoms with E-state index in [1.54, 1.807) is 0 Å². The van der Waals surface area contributed by atoms with E-state index < -0.39 is 19.1 Å². The molecule has 0 spiro atoms. The topological polar surface area (TPSA) is 80.3 Å². The number of benzene rings is 1. The average molecular weight is 324 g/mol. The molecule has 0 atom stereocenters. The molecule has 0 saturated heterocycles. The van der Waals surface area contributed by atoms with E-state index in [4.69, 9.17) is 10.7 Å². The van der Waals surface area contributed by atoms with Crippen LogP contribution in [0.2, 0.25) is 0 Å². The van der Waals surface area contributed by atoms with Gasteiger partial charge in [-0.05, 0) is 31.5 Å². The molecule has 0 bridgehead atoms. The van der Waals surface area contributed by atoms with Crippen molar-refractivity contribution in [3.05, 3.63) is 36.4 Å². The highest BCUT2D eigenvalue weighted by molar-refractivity contribution is 8.13. The smallest absolute Gasteiger partial charge is 0.211 e. The van der Waals surface area contributed by atoms with Gasteiger partial charge >= 0.3 is 0 Å². The Kier molecular flexibility index (Phi) is 5.54. The van der Waals surface area contributed by atoms with E-state index in [2.05, 4.69) is 4.72 Å². The van der Waals surface area contributed by atoms with Crippen molar-refractivity contribution in [2.75, 3.05) is 6.54 Å². The predicted molar refractivity (Wildman–Crippen MR) is 74.1 cm³/mol. The van der Waals surface area contributed by atoms with E-state index in [0.717, 1.165) is 6.07 Å². The quantitative estimate of drug-likeness (QED) is 0.492. The van der Waals surface area contributed by atoms with Crippen molar-refractivity contribution in [1.29, 1.82) is 0 Å². The zero-order valence-electron chi connectivity index (χ0n) is 10.2. The first-order chi connectivity index (χ1) is 8.77. The summed E-state index contributed by atoms with van der Waals surface area (Å²) in [5.74, 6) is 0. The summed E-state index contributed by atoms with van der Waals surface area (Å²) in [6.07, 6.45) is 4.19. The van der Waals surface area contributed by atoms with E-state index >= 15 is 0 Å². The molecule has 1 N–H and O–H groups in total. The minimum atomic E-state index is -3.95. The third kappa shape index (κ3) is 4.94. The number of halogens is 1. The average Bonchev–Trinajstić information content (AvgIpc) is 2.34. The fourth-order valence-electron chi connectivity index (χ4n) is 1.32. The predicted octanol–water partition coefficient (Wildman–Crippen LogP) is 1.86. The van der Waals surface area contributed by atoms with Crippen molar-refractivity contribution in [2.45, 2.75) is 23.1 Å². The van der Waals surface area contributed by atoms with Crippen molar-refractivity contribution in [3.8, 4) is 0 Å². The standard InChI is InChI=1S/C11H14ClNO4S2/c1-2-3-4-8-13-19(16,17)11-7-5-6-10(9-11)18(12,14)15/h2-3,5-7,9,13H,4,8H2,1H3/b3-2+. The molecule has 19 heavy (non-hydrogen) atoms. The molecule has 0 radical (unpaired) electrons. The lowest BCUT2D eigenvalue weighted by molar-refractivity contribution is 0.582. The molecule has 0 aliphatic carbocycles. The van der Waals surface area contributed by atoms with E-state index in [9.17, 15) is 16.8 Å². The van der Waals surface area contributed by atoms with Crippen molar-refractivity contribution < 1.29 is 16.8 Å². The number of nitrogens with one attached hydrogen (secondary N) is 1. The number of sulfonamides is 1. The molecule has 0 unspecified atom stereocenters. The zero-order valence-corrected chi connectivity index (χ0v) is 12.6. The Morgan fingerprint density at radius 2 is 1.84 bits per heavy atom. The highest BCUT2D eigenvalue weighted by atomic mass is 35.7. The fourth-order valence-corrected chi connectivity index (χ4v) is 3.28. The maximum absolute atomic E-state index is 11.9. The Hall–Kier alpha value is -0.890. The Bertz CT molecular complexity index is 666. The van der Waals surface area contributed by atoms with E-state index in [-0.39, 0.29) is 16.3 Å². The number of rotatable bonds is 6. The van der Waals surface area contributed by atoms with Gasteiger partial charge in [-0.25, -0.2) is 21.6 Å². The van der Waals surface area contributed by atoms with Crippen molar-refractivity contribution in [3.63, 3.8) is 0 Å². The summed E-state index contributed by atoms with van der Waals surface area (Å²) < 4.78 is 48.5. The Balaban J connectivity index is 2.96. The second-order valence-electron chi connectivity index (χ2n) is 3.67. The van der Waals surface area contributed by atoms with Gasteiger partial charge < -0.3 is 0 Å². The largest absolute Gasteiger partial charge is 0.261 e. The summed E-state index contributed by atoms with van der Waals surface area (Å²) in [4.78, 5) is -0.375. The Labute approximate surface area is 117 Å². The first kappa shape index (κ1) is 16.2. The Morgan fingerprint density at radius 1 is 1.21 bits per heavy atom. The second kappa shape index (κ2) is 6.51. The van der Waals surface area contributed by atoms with Crippen LogP contribution in [0.5, 0.6) is 0 Å². The molecule has 1 aromatic carbocycles. The van der Waals surface area contributed by atoms with Crippen LogP contribution in [0.3, 0.4) is 0 Å².